The topological polar surface area (TPSA) is 73.0 Å². The molecule has 18 heavy (non-hydrogen) atoms. The number of nitrogens with zero attached hydrogens (tertiary/aromatic N) is 3. The van der Waals surface area contributed by atoms with Crippen LogP contribution in [0.4, 0.5) is 5.82 Å². The Kier molecular flexibility index (Phi) is 3.18. The molecule has 0 aromatic carbocycles. The van der Waals surface area contributed by atoms with Gasteiger partial charge in [-0.2, -0.15) is 5.10 Å². The van der Waals surface area contributed by atoms with Gasteiger partial charge in [-0.1, -0.05) is 5.16 Å². The van der Waals surface area contributed by atoms with E-state index in [0.29, 0.717) is 11.5 Å². The summed E-state index contributed by atoms with van der Waals surface area (Å²) >= 11 is 0. The molecule has 0 aliphatic rings. The molecule has 96 valence electrons. The first-order chi connectivity index (χ1) is 8.47. The van der Waals surface area contributed by atoms with Gasteiger partial charge in [0, 0.05) is 18.2 Å². The van der Waals surface area contributed by atoms with Crippen LogP contribution in [0, 0.1) is 13.8 Å². The summed E-state index contributed by atoms with van der Waals surface area (Å²) in [6.07, 6.45) is 0. The smallest absolute Gasteiger partial charge is 0.295 e. The molecule has 2 aromatic rings. The van der Waals surface area contributed by atoms with Gasteiger partial charge in [-0.05, 0) is 27.7 Å². The summed E-state index contributed by atoms with van der Waals surface area (Å²) < 4.78 is 6.67. The van der Waals surface area contributed by atoms with Gasteiger partial charge >= 0.3 is 0 Å². The second-order valence-electron chi connectivity index (χ2n) is 4.50. The van der Waals surface area contributed by atoms with Crippen LogP contribution in [0.3, 0.4) is 0 Å². The summed E-state index contributed by atoms with van der Waals surface area (Å²) in [6, 6.07) is 3.59. The lowest BCUT2D eigenvalue weighted by molar-refractivity contribution is 0.0986. The molecular weight excluding hydrogens is 232 g/mol. The van der Waals surface area contributed by atoms with E-state index in [2.05, 4.69) is 15.6 Å². The third-order valence-electron chi connectivity index (χ3n) is 2.44. The van der Waals surface area contributed by atoms with Crippen molar-refractivity contribution < 1.29 is 9.32 Å². The van der Waals surface area contributed by atoms with E-state index in [9.17, 15) is 4.79 Å². The van der Waals surface area contributed by atoms with Gasteiger partial charge in [-0.25, -0.2) is 4.68 Å². The normalized spacial score (nSPS) is 10.9. The Bertz CT molecular complexity index is 568. The standard InChI is InChI=1S/C12H16N4O2/c1-7(2)16-11(6-8(3)14-16)13-12(17)10-5-9(4)15-18-10/h5-7H,1-4H3,(H,13,17). The van der Waals surface area contributed by atoms with Crippen LogP contribution in [0.15, 0.2) is 16.7 Å². The van der Waals surface area contributed by atoms with Gasteiger partial charge in [-0.15, -0.1) is 0 Å². The molecule has 1 N–H and O–H groups in total. The van der Waals surface area contributed by atoms with Crippen molar-refractivity contribution in [2.24, 2.45) is 0 Å². The number of amides is 1. The third-order valence-corrected chi connectivity index (χ3v) is 2.44. The van der Waals surface area contributed by atoms with Crippen LogP contribution >= 0.6 is 0 Å². The minimum atomic E-state index is -0.322. The molecule has 0 spiro atoms. The molecule has 0 unspecified atom stereocenters. The molecule has 0 fully saturated rings. The van der Waals surface area contributed by atoms with E-state index in [1.54, 1.807) is 17.7 Å². The quantitative estimate of drug-likeness (QED) is 0.904. The number of carbonyl (C=O) groups excluding carboxylic acids is 1. The van der Waals surface area contributed by atoms with Gasteiger partial charge < -0.3 is 9.84 Å². The molecule has 2 rings (SSSR count). The van der Waals surface area contributed by atoms with Gasteiger partial charge in [0.2, 0.25) is 5.76 Å². The average Bonchev–Trinajstić information content (AvgIpc) is 2.85. The molecular formula is C12H16N4O2. The van der Waals surface area contributed by atoms with Crippen molar-refractivity contribution in [2.45, 2.75) is 33.7 Å². The van der Waals surface area contributed by atoms with E-state index in [-0.39, 0.29) is 17.7 Å². The number of nitrogens with one attached hydrogen (secondary N) is 1. The maximum atomic E-state index is 11.9. The molecule has 0 atom stereocenters. The monoisotopic (exact) mass is 248 g/mol. The number of aryl methyl sites for hydroxylation is 2. The molecule has 6 nitrogen and oxygen atoms in total. The van der Waals surface area contributed by atoms with Crippen LogP contribution in [-0.2, 0) is 0 Å². The fourth-order valence-electron chi connectivity index (χ4n) is 1.65. The summed E-state index contributed by atoms with van der Waals surface area (Å²) in [6.45, 7) is 7.65. The fraction of sp³-hybridized carbons (Fsp3) is 0.417. The van der Waals surface area contributed by atoms with E-state index in [0.717, 1.165) is 5.69 Å². The number of carbonyl (C=O) groups is 1. The largest absolute Gasteiger partial charge is 0.351 e. The lowest BCUT2D eigenvalue weighted by atomic mass is 10.3. The zero-order chi connectivity index (χ0) is 13.3. The fourth-order valence-corrected chi connectivity index (χ4v) is 1.65. The van der Waals surface area contributed by atoms with E-state index < -0.39 is 0 Å². The molecule has 6 heteroatoms. The summed E-state index contributed by atoms with van der Waals surface area (Å²) in [5.74, 6) is 0.528. The lowest BCUT2D eigenvalue weighted by Gasteiger charge is -2.10. The highest BCUT2D eigenvalue weighted by Crippen LogP contribution is 2.17. The molecule has 0 aliphatic heterocycles. The van der Waals surface area contributed by atoms with Crippen molar-refractivity contribution in [1.29, 1.82) is 0 Å². The Morgan fingerprint density at radius 2 is 2.06 bits per heavy atom. The number of aromatic nitrogens is 3. The molecule has 0 saturated heterocycles. The maximum absolute atomic E-state index is 11.9. The molecule has 2 heterocycles. The van der Waals surface area contributed by atoms with Gasteiger partial charge in [0.1, 0.15) is 5.82 Å². The average molecular weight is 248 g/mol. The number of anilines is 1. The van der Waals surface area contributed by atoms with E-state index in [1.807, 2.05) is 26.8 Å². The zero-order valence-corrected chi connectivity index (χ0v) is 10.9. The summed E-state index contributed by atoms with van der Waals surface area (Å²) in [7, 11) is 0. The first-order valence-electron chi connectivity index (χ1n) is 5.78. The Morgan fingerprint density at radius 1 is 1.33 bits per heavy atom. The number of hydrogen-bond donors (Lipinski definition) is 1. The van der Waals surface area contributed by atoms with Crippen LogP contribution < -0.4 is 5.32 Å². The summed E-state index contributed by atoms with van der Waals surface area (Å²) in [5, 5.41) is 10.8. The van der Waals surface area contributed by atoms with E-state index >= 15 is 0 Å². The van der Waals surface area contributed by atoms with Gasteiger partial charge in [0.05, 0.1) is 11.4 Å². The van der Waals surface area contributed by atoms with E-state index in [4.69, 9.17) is 4.52 Å². The molecule has 0 bridgehead atoms. The van der Waals surface area contributed by atoms with Crippen LogP contribution in [0.1, 0.15) is 41.8 Å². The van der Waals surface area contributed by atoms with Crippen LogP contribution in [0.5, 0.6) is 0 Å². The Hall–Kier alpha value is -2.11. The maximum Gasteiger partial charge on any atom is 0.295 e. The third kappa shape index (κ3) is 2.42. The summed E-state index contributed by atoms with van der Waals surface area (Å²) in [4.78, 5) is 11.9. The second-order valence-corrected chi connectivity index (χ2v) is 4.50. The van der Waals surface area contributed by atoms with Gasteiger partial charge in [-0.3, -0.25) is 4.79 Å². The minimum Gasteiger partial charge on any atom is -0.351 e. The van der Waals surface area contributed by atoms with Gasteiger partial charge in [0.15, 0.2) is 0 Å². The van der Waals surface area contributed by atoms with Crippen molar-refractivity contribution in [3.05, 3.63) is 29.3 Å². The highest BCUT2D eigenvalue weighted by molar-refractivity contribution is 6.01. The predicted octanol–water partition coefficient (Wildman–Crippen LogP) is 2.32. The lowest BCUT2D eigenvalue weighted by Crippen LogP contribution is -2.16. The zero-order valence-electron chi connectivity index (χ0n) is 10.9. The van der Waals surface area contributed by atoms with Crippen molar-refractivity contribution in [1.82, 2.24) is 14.9 Å². The Balaban J connectivity index is 2.21. The highest BCUT2D eigenvalue weighted by Gasteiger charge is 2.15. The highest BCUT2D eigenvalue weighted by atomic mass is 16.5. The molecule has 2 aromatic heterocycles. The van der Waals surface area contributed by atoms with Crippen LogP contribution in [-0.4, -0.2) is 20.8 Å². The second kappa shape index (κ2) is 4.64. The van der Waals surface area contributed by atoms with Crippen LogP contribution in [0.2, 0.25) is 0 Å². The molecule has 0 aliphatic carbocycles. The van der Waals surface area contributed by atoms with Crippen molar-refractivity contribution in [2.75, 3.05) is 5.32 Å². The number of rotatable bonds is 3. The summed E-state index contributed by atoms with van der Waals surface area (Å²) in [5.41, 5.74) is 1.53. The van der Waals surface area contributed by atoms with Crippen molar-refractivity contribution >= 4 is 11.7 Å². The van der Waals surface area contributed by atoms with Gasteiger partial charge in [0.25, 0.3) is 5.91 Å². The van der Waals surface area contributed by atoms with Crippen LogP contribution in [0.25, 0.3) is 0 Å². The Morgan fingerprint density at radius 3 is 2.61 bits per heavy atom. The van der Waals surface area contributed by atoms with Crippen molar-refractivity contribution in [3.63, 3.8) is 0 Å². The SMILES string of the molecule is Cc1cc(C(=O)Nc2cc(C)nn2C(C)C)on1. The number of hydrogen-bond acceptors (Lipinski definition) is 4. The van der Waals surface area contributed by atoms with E-state index in [1.165, 1.54) is 0 Å². The minimum absolute atomic E-state index is 0.172. The first kappa shape index (κ1) is 12.3. The molecule has 0 radical (unpaired) electrons. The predicted molar refractivity (Wildman–Crippen MR) is 66.5 cm³/mol. The Labute approximate surface area is 105 Å². The molecule has 0 saturated carbocycles. The molecule has 1 amide bonds. The van der Waals surface area contributed by atoms with Crippen molar-refractivity contribution in [3.8, 4) is 0 Å². The first-order valence-corrected chi connectivity index (χ1v) is 5.78.